The largest absolute Gasteiger partial charge is 0.379 e. The van der Waals surface area contributed by atoms with Crippen molar-refractivity contribution in [2.45, 2.75) is 19.4 Å². The smallest absolute Gasteiger partial charge is 0.149 e. The van der Waals surface area contributed by atoms with Crippen molar-refractivity contribution in [2.75, 3.05) is 5.32 Å². The number of nitriles is 1. The zero-order chi connectivity index (χ0) is 11.4. The summed E-state index contributed by atoms with van der Waals surface area (Å²) < 4.78 is 26.3. The molecule has 0 saturated carbocycles. The van der Waals surface area contributed by atoms with Gasteiger partial charge in [0.05, 0.1) is 22.7 Å². The Labute approximate surface area is 95.0 Å². The van der Waals surface area contributed by atoms with Crippen molar-refractivity contribution in [3.05, 3.63) is 28.2 Å². The average molecular weight is 275 g/mol. The van der Waals surface area contributed by atoms with Crippen molar-refractivity contribution < 1.29 is 8.78 Å². The Balaban J connectivity index is 2.87. The molecule has 15 heavy (non-hydrogen) atoms. The average Bonchev–Trinajstić information content (AvgIpc) is 2.14. The van der Waals surface area contributed by atoms with Crippen LogP contribution in [0.15, 0.2) is 16.6 Å². The fourth-order valence-corrected chi connectivity index (χ4v) is 1.43. The van der Waals surface area contributed by atoms with E-state index in [4.69, 9.17) is 5.26 Å². The molecule has 0 aliphatic carbocycles. The van der Waals surface area contributed by atoms with Gasteiger partial charge in [-0.1, -0.05) is 0 Å². The zero-order valence-electron chi connectivity index (χ0n) is 8.02. The van der Waals surface area contributed by atoms with Crippen LogP contribution in [0.4, 0.5) is 14.5 Å². The molecular weight excluding hydrogens is 266 g/mol. The number of nitrogens with one attached hydrogen (secondary N) is 1. The van der Waals surface area contributed by atoms with Crippen LogP contribution in [0.3, 0.4) is 0 Å². The van der Waals surface area contributed by atoms with E-state index in [1.165, 1.54) is 6.07 Å². The Morgan fingerprint density at radius 2 is 2.13 bits per heavy atom. The summed E-state index contributed by atoms with van der Waals surface area (Å²) in [5.41, 5.74) is 0.186. The third-order valence-electron chi connectivity index (χ3n) is 1.81. The van der Waals surface area contributed by atoms with Gasteiger partial charge in [0.1, 0.15) is 11.6 Å². The van der Waals surface area contributed by atoms with Gasteiger partial charge in [-0.2, -0.15) is 5.26 Å². The Bertz CT molecular complexity index is 401. The fourth-order valence-electron chi connectivity index (χ4n) is 1.09. The Morgan fingerprint density at radius 3 is 2.73 bits per heavy atom. The lowest BCUT2D eigenvalue weighted by atomic mass is 10.2. The second-order valence-corrected chi connectivity index (χ2v) is 4.01. The number of nitrogens with zero attached hydrogens (tertiary/aromatic N) is 1. The van der Waals surface area contributed by atoms with Crippen LogP contribution in [0.5, 0.6) is 0 Å². The van der Waals surface area contributed by atoms with Gasteiger partial charge in [-0.15, -0.1) is 0 Å². The SMILES string of the molecule is CC(CC#N)Nc1cc(Br)c(F)cc1F. The maximum Gasteiger partial charge on any atom is 0.149 e. The van der Waals surface area contributed by atoms with Crippen LogP contribution in [0.2, 0.25) is 0 Å². The number of hydrogen-bond donors (Lipinski definition) is 1. The first-order valence-electron chi connectivity index (χ1n) is 4.32. The van der Waals surface area contributed by atoms with Crippen LogP contribution in [0.1, 0.15) is 13.3 Å². The molecule has 1 unspecified atom stereocenters. The van der Waals surface area contributed by atoms with E-state index >= 15 is 0 Å². The monoisotopic (exact) mass is 274 g/mol. The molecule has 1 aromatic carbocycles. The summed E-state index contributed by atoms with van der Waals surface area (Å²) in [5.74, 6) is -1.31. The molecule has 1 rings (SSSR count). The van der Waals surface area contributed by atoms with Gasteiger partial charge >= 0.3 is 0 Å². The highest BCUT2D eigenvalue weighted by molar-refractivity contribution is 9.10. The predicted molar refractivity (Wildman–Crippen MR) is 57.4 cm³/mol. The summed E-state index contributed by atoms with van der Waals surface area (Å²) in [6.45, 7) is 1.75. The molecule has 1 atom stereocenters. The number of rotatable bonds is 3. The third-order valence-corrected chi connectivity index (χ3v) is 2.42. The number of hydrogen-bond acceptors (Lipinski definition) is 2. The Hall–Kier alpha value is -1.15. The molecule has 1 N–H and O–H groups in total. The van der Waals surface area contributed by atoms with Gasteiger partial charge in [-0.25, -0.2) is 8.78 Å². The van der Waals surface area contributed by atoms with Gasteiger partial charge in [-0.05, 0) is 28.9 Å². The summed E-state index contributed by atoms with van der Waals surface area (Å²) >= 11 is 2.96. The molecule has 80 valence electrons. The summed E-state index contributed by atoms with van der Waals surface area (Å²) in [5, 5.41) is 11.2. The first kappa shape index (κ1) is 11.9. The van der Waals surface area contributed by atoms with Gasteiger partial charge < -0.3 is 5.32 Å². The molecule has 0 radical (unpaired) electrons. The highest BCUT2D eigenvalue weighted by Crippen LogP contribution is 2.24. The van der Waals surface area contributed by atoms with Gasteiger partial charge in [0.15, 0.2) is 0 Å². The van der Waals surface area contributed by atoms with Gasteiger partial charge in [0.25, 0.3) is 0 Å². The minimum atomic E-state index is -0.666. The van der Waals surface area contributed by atoms with E-state index in [1.807, 2.05) is 6.07 Å². The molecule has 0 aliphatic rings. The van der Waals surface area contributed by atoms with Crippen LogP contribution in [-0.2, 0) is 0 Å². The van der Waals surface area contributed by atoms with Crippen LogP contribution < -0.4 is 5.32 Å². The van der Waals surface area contributed by atoms with E-state index < -0.39 is 11.6 Å². The second-order valence-electron chi connectivity index (χ2n) is 3.15. The van der Waals surface area contributed by atoms with E-state index in [0.717, 1.165) is 6.07 Å². The van der Waals surface area contributed by atoms with E-state index in [1.54, 1.807) is 6.92 Å². The first-order chi connectivity index (χ1) is 7.04. The lowest BCUT2D eigenvalue weighted by Crippen LogP contribution is -2.15. The topological polar surface area (TPSA) is 35.8 Å². The van der Waals surface area contributed by atoms with Gasteiger partial charge in [0, 0.05) is 12.1 Å². The minimum Gasteiger partial charge on any atom is -0.379 e. The van der Waals surface area contributed by atoms with Crippen LogP contribution >= 0.6 is 15.9 Å². The maximum atomic E-state index is 13.2. The molecule has 0 heterocycles. The zero-order valence-corrected chi connectivity index (χ0v) is 9.61. The van der Waals surface area contributed by atoms with Gasteiger partial charge in [-0.3, -0.25) is 0 Å². The molecule has 1 aromatic rings. The molecular formula is C10H9BrF2N2. The van der Waals surface area contributed by atoms with Crippen molar-refractivity contribution >= 4 is 21.6 Å². The van der Waals surface area contributed by atoms with Crippen LogP contribution in [-0.4, -0.2) is 6.04 Å². The molecule has 0 fully saturated rings. The second kappa shape index (κ2) is 5.08. The highest BCUT2D eigenvalue weighted by Gasteiger charge is 2.10. The number of anilines is 1. The summed E-state index contributed by atoms with van der Waals surface area (Å²) in [4.78, 5) is 0. The van der Waals surface area contributed by atoms with E-state index in [9.17, 15) is 8.78 Å². The molecule has 0 bridgehead atoms. The summed E-state index contributed by atoms with van der Waals surface area (Å²) in [6.07, 6.45) is 0.258. The molecule has 0 saturated heterocycles. The molecule has 0 spiro atoms. The normalized spacial score (nSPS) is 11.9. The van der Waals surface area contributed by atoms with Crippen LogP contribution in [0.25, 0.3) is 0 Å². The number of benzene rings is 1. The van der Waals surface area contributed by atoms with Crippen molar-refractivity contribution in [3.63, 3.8) is 0 Å². The Morgan fingerprint density at radius 1 is 1.47 bits per heavy atom. The predicted octanol–water partition coefficient (Wildman–Crippen LogP) is 3.44. The lowest BCUT2D eigenvalue weighted by molar-refractivity contribution is 0.579. The minimum absolute atomic E-state index is 0.179. The lowest BCUT2D eigenvalue weighted by Gasteiger charge is -2.13. The molecule has 0 aromatic heterocycles. The molecule has 5 heteroatoms. The van der Waals surface area contributed by atoms with Gasteiger partial charge in [0.2, 0.25) is 0 Å². The highest BCUT2D eigenvalue weighted by atomic mass is 79.9. The molecule has 2 nitrogen and oxygen atoms in total. The van der Waals surface area contributed by atoms with Crippen LogP contribution in [0, 0.1) is 23.0 Å². The fraction of sp³-hybridized carbons (Fsp3) is 0.300. The molecule has 0 aliphatic heterocycles. The molecule has 0 amide bonds. The van der Waals surface area contributed by atoms with Crippen molar-refractivity contribution in [1.82, 2.24) is 0 Å². The van der Waals surface area contributed by atoms with Crippen molar-refractivity contribution in [3.8, 4) is 6.07 Å². The van der Waals surface area contributed by atoms with E-state index in [-0.39, 0.29) is 22.6 Å². The quantitative estimate of drug-likeness (QED) is 0.858. The first-order valence-corrected chi connectivity index (χ1v) is 5.12. The van der Waals surface area contributed by atoms with E-state index in [0.29, 0.717) is 0 Å². The van der Waals surface area contributed by atoms with Crippen molar-refractivity contribution in [2.24, 2.45) is 0 Å². The third kappa shape index (κ3) is 3.17. The maximum absolute atomic E-state index is 13.2. The standard InChI is InChI=1S/C10H9BrF2N2/c1-6(2-3-14)15-10-4-7(11)8(12)5-9(10)13/h4-6,15H,2H2,1H3. The Kier molecular flexibility index (Phi) is 4.04. The summed E-state index contributed by atoms with van der Waals surface area (Å²) in [7, 11) is 0. The number of halogens is 3. The van der Waals surface area contributed by atoms with E-state index in [2.05, 4.69) is 21.2 Å². The summed E-state index contributed by atoms with van der Waals surface area (Å²) in [6, 6.07) is 3.90. The van der Waals surface area contributed by atoms with Crippen molar-refractivity contribution in [1.29, 1.82) is 5.26 Å².